The number of hydrogen-bond donors (Lipinski definition) is 1. The van der Waals surface area contributed by atoms with E-state index in [0.29, 0.717) is 5.56 Å². The maximum atomic E-state index is 12.3. The molecule has 0 aliphatic heterocycles. The molecule has 0 aromatic heterocycles. The largest absolute Gasteiger partial charge is 0.322 e. The third-order valence-corrected chi connectivity index (χ3v) is 3.36. The Hall–Kier alpha value is -2.78. The molecule has 0 radical (unpaired) electrons. The van der Waals surface area contributed by atoms with Gasteiger partial charge in [0.05, 0.1) is 6.54 Å². The average Bonchev–Trinajstić information content (AvgIpc) is 2.50. The number of benzene rings is 2. The van der Waals surface area contributed by atoms with Crippen LogP contribution in [0.15, 0.2) is 47.6 Å². The van der Waals surface area contributed by atoms with Crippen molar-refractivity contribution in [3.05, 3.63) is 75.2 Å². The monoisotopic (exact) mass is 280 g/mol. The molecule has 1 amide bonds. The van der Waals surface area contributed by atoms with Gasteiger partial charge in [0.1, 0.15) is 0 Å². The number of nitrogens with zero attached hydrogens (tertiary/aromatic N) is 3. The number of amides is 1. The minimum absolute atomic E-state index is 0.175. The number of carbonyl (C=O) groups is 1. The molecule has 21 heavy (non-hydrogen) atoms. The zero-order valence-corrected chi connectivity index (χ0v) is 12.0. The van der Waals surface area contributed by atoms with Gasteiger partial charge in [0.15, 0.2) is 0 Å². The quantitative estimate of drug-likeness (QED) is 0.504. The summed E-state index contributed by atoms with van der Waals surface area (Å²) < 4.78 is 0. The Morgan fingerprint density at radius 2 is 2.00 bits per heavy atom. The van der Waals surface area contributed by atoms with Gasteiger partial charge >= 0.3 is 0 Å². The first-order valence-electron chi connectivity index (χ1n) is 6.59. The number of hydrogen-bond acceptors (Lipinski definition) is 2. The summed E-state index contributed by atoms with van der Waals surface area (Å²) in [6, 6.07) is 12.9. The first-order valence-corrected chi connectivity index (χ1v) is 6.59. The number of aryl methyl sites for hydroxylation is 1. The van der Waals surface area contributed by atoms with Crippen molar-refractivity contribution in [1.82, 2.24) is 0 Å². The van der Waals surface area contributed by atoms with Crippen molar-refractivity contribution in [1.29, 1.82) is 0 Å². The van der Waals surface area contributed by atoms with Crippen LogP contribution in [0.3, 0.4) is 0 Å². The summed E-state index contributed by atoms with van der Waals surface area (Å²) in [6.07, 6.45) is 0. The first kappa shape index (κ1) is 14.6. The van der Waals surface area contributed by atoms with Crippen LogP contribution in [0, 0.1) is 13.8 Å². The van der Waals surface area contributed by atoms with E-state index in [9.17, 15) is 4.79 Å². The highest BCUT2D eigenvalue weighted by atomic mass is 16.1. The molecule has 5 nitrogen and oxygen atoms in total. The van der Waals surface area contributed by atoms with E-state index >= 15 is 0 Å². The molecule has 2 aromatic carbocycles. The Balaban J connectivity index is 2.20. The predicted molar refractivity (Wildman–Crippen MR) is 83.2 cm³/mol. The molecule has 0 aliphatic rings. The standard InChI is InChI=1S/C16H16N4O/c1-11-5-3-8-15(12(11)2)19-16(21)14-7-4-6-13(9-14)10-18-20-17/h3-9H,10H2,1-2H3,(H,19,21). The van der Waals surface area contributed by atoms with Crippen molar-refractivity contribution in [3.8, 4) is 0 Å². The lowest BCUT2D eigenvalue weighted by Crippen LogP contribution is -2.13. The van der Waals surface area contributed by atoms with E-state index in [1.54, 1.807) is 18.2 Å². The van der Waals surface area contributed by atoms with Crippen LogP contribution >= 0.6 is 0 Å². The fraction of sp³-hybridized carbons (Fsp3) is 0.188. The third-order valence-electron chi connectivity index (χ3n) is 3.36. The summed E-state index contributed by atoms with van der Waals surface area (Å²) >= 11 is 0. The third kappa shape index (κ3) is 3.61. The molecular formula is C16H16N4O. The van der Waals surface area contributed by atoms with E-state index in [0.717, 1.165) is 22.4 Å². The minimum atomic E-state index is -0.175. The highest BCUT2D eigenvalue weighted by Gasteiger charge is 2.08. The number of anilines is 1. The number of rotatable bonds is 4. The van der Waals surface area contributed by atoms with Crippen LogP contribution < -0.4 is 5.32 Å². The van der Waals surface area contributed by atoms with Crippen molar-refractivity contribution in [2.75, 3.05) is 5.32 Å². The van der Waals surface area contributed by atoms with E-state index in [2.05, 4.69) is 15.3 Å². The van der Waals surface area contributed by atoms with Crippen molar-refractivity contribution in [2.45, 2.75) is 20.4 Å². The second-order valence-electron chi connectivity index (χ2n) is 4.79. The highest BCUT2D eigenvalue weighted by Crippen LogP contribution is 2.19. The Kier molecular flexibility index (Phi) is 4.59. The summed E-state index contributed by atoms with van der Waals surface area (Å²) in [5.74, 6) is -0.175. The number of nitrogens with one attached hydrogen (secondary N) is 1. The fourth-order valence-corrected chi connectivity index (χ4v) is 2.01. The summed E-state index contributed by atoms with van der Waals surface area (Å²) in [7, 11) is 0. The number of carbonyl (C=O) groups excluding carboxylic acids is 1. The van der Waals surface area contributed by atoms with Gasteiger partial charge in [-0.15, -0.1) is 0 Å². The van der Waals surface area contributed by atoms with Crippen molar-refractivity contribution < 1.29 is 4.79 Å². The molecule has 0 saturated carbocycles. The lowest BCUT2D eigenvalue weighted by atomic mass is 10.1. The topological polar surface area (TPSA) is 77.9 Å². The minimum Gasteiger partial charge on any atom is -0.322 e. The molecule has 2 rings (SSSR count). The predicted octanol–water partition coefficient (Wildman–Crippen LogP) is 4.37. The zero-order chi connectivity index (χ0) is 15.2. The molecule has 0 fully saturated rings. The summed E-state index contributed by atoms with van der Waals surface area (Å²) in [5.41, 5.74) is 12.7. The van der Waals surface area contributed by atoms with Crippen LogP contribution in [0.2, 0.25) is 0 Å². The average molecular weight is 280 g/mol. The highest BCUT2D eigenvalue weighted by molar-refractivity contribution is 6.04. The van der Waals surface area contributed by atoms with E-state index in [1.165, 1.54) is 0 Å². The maximum Gasteiger partial charge on any atom is 0.255 e. The molecule has 2 aromatic rings. The van der Waals surface area contributed by atoms with Gasteiger partial charge in [-0.1, -0.05) is 29.4 Å². The second-order valence-corrected chi connectivity index (χ2v) is 4.79. The van der Waals surface area contributed by atoms with Crippen LogP contribution in [0.5, 0.6) is 0 Å². The van der Waals surface area contributed by atoms with Gasteiger partial charge in [-0.05, 0) is 54.3 Å². The van der Waals surface area contributed by atoms with Gasteiger partial charge in [0.25, 0.3) is 5.91 Å². The Labute approximate surface area is 123 Å². The molecule has 0 aliphatic carbocycles. The van der Waals surface area contributed by atoms with Crippen molar-refractivity contribution in [2.24, 2.45) is 5.11 Å². The first-order chi connectivity index (χ1) is 10.1. The molecule has 0 bridgehead atoms. The van der Waals surface area contributed by atoms with Crippen LogP contribution in [-0.4, -0.2) is 5.91 Å². The van der Waals surface area contributed by atoms with E-state index in [-0.39, 0.29) is 12.5 Å². The normalized spacial score (nSPS) is 9.81. The molecule has 106 valence electrons. The molecule has 0 heterocycles. The Bertz CT molecular complexity index is 718. The number of azide groups is 1. The lowest BCUT2D eigenvalue weighted by Gasteiger charge is -2.10. The van der Waals surface area contributed by atoms with E-state index in [1.807, 2.05) is 38.1 Å². The smallest absolute Gasteiger partial charge is 0.255 e. The van der Waals surface area contributed by atoms with Crippen LogP contribution in [0.1, 0.15) is 27.0 Å². The van der Waals surface area contributed by atoms with Gasteiger partial charge < -0.3 is 5.32 Å². The molecule has 0 unspecified atom stereocenters. The van der Waals surface area contributed by atoms with E-state index in [4.69, 9.17) is 5.53 Å². The van der Waals surface area contributed by atoms with Gasteiger partial charge in [0, 0.05) is 16.2 Å². The van der Waals surface area contributed by atoms with Crippen LogP contribution in [0.4, 0.5) is 5.69 Å². The molecular weight excluding hydrogens is 264 g/mol. The van der Waals surface area contributed by atoms with E-state index < -0.39 is 0 Å². The summed E-state index contributed by atoms with van der Waals surface area (Å²) in [6.45, 7) is 4.22. The summed E-state index contributed by atoms with van der Waals surface area (Å²) in [5, 5.41) is 6.41. The zero-order valence-electron chi connectivity index (χ0n) is 12.0. The molecule has 5 heteroatoms. The van der Waals surface area contributed by atoms with Gasteiger partial charge in [-0.2, -0.15) is 0 Å². The molecule has 0 saturated heterocycles. The van der Waals surface area contributed by atoms with Crippen LogP contribution in [0.25, 0.3) is 10.4 Å². The van der Waals surface area contributed by atoms with Gasteiger partial charge in [-0.25, -0.2) is 0 Å². The van der Waals surface area contributed by atoms with Gasteiger partial charge in [-0.3, -0.25) is 4.79 Å². The SMILES string of the molecule is Cc1cccc(NC(=O)c2cccc(CN=[N+]=[N-])c2)c1C. The summed E-state index contributed by atoms with van der Waals surface area (Å²) in [4.78, 5) is 15.0. The van der Waals surface area contributed by atoms with Crippen molar-refractivity contribution >= 4 is 11.6 Å². The molecule has 1 N–H and O–H groups in total. The Morgan fingerprint density at radius 1 is 1.24 bits per heavy atom. The Morgan fingerprint density at radius 3 is 2.76 bits per heavy atom. The van der Waals surface area contributed by atoms with Crippen LogP contribution in [-0.2, 0) is 6.54 Å². The lowest BCUT2D eigenvalue weighted by molar-refractivity contribution is 0.102. The molecule has 0 spiro atoms. The van der Waals surface area contributed by atoms with Gasteiger partial charge in [0.2, 0.25) is 0 Å². The maximum absolute atomic E-state index is 12.3. The fourth-order valence-electron chi connectivity index (χ4n) is 2.01. The van der Waals surface area contributed by atoms with Crippen molar-refractivity contribution in [3.63, 3.8) is 0 Å². The molecule has 0 atom stereocenters. The second kappa shape index (κ2) is 6.59.